The summed E-state index contributed by atoms with van der Waals surface area (Å²) in [6, 6.07) is 0. The molecule has 0 heterocycles. The molecule has 0 rings (SSSR count). The lowest BCUT2D eigenvalue weighted by Crippen LogP contribution is -1.77. The second-order valence-corrected chi connectivity index (χ2v) is 1.59. The second-order valence-electron chi connectivity index (χ2n) is 1.59. The molecule has 0 bridgehead atoms. The number of hydrogen-bond acceptors (Lipinski definition) is 1. The Balaban J connectivity index is 0. The number of aliphatic hydroxyl groups excluding tert-OH is 1. The molecule has 0 aromatic heterocycles. The Bertz CT molecular complexity index is 114. The van der Waals surface area contributed by atoms with Gasteiger partial charge in [0.25, 0.3) is 0 Å². The van der Waals surface area contributed by atoms with Crippen molar-refractivity contribution in [2.45, 2.75) is 26.2 Å². The van der Waals surface area contributed by atoms with Gasteiger partial charge in [-0.25, -0.2) is 0 Å². The maximum absolute atomic E-state index is 8.10. The van der Waals surface area contributed by atoms with E-state index in [4.69, 9.17) is 18.0 Å². The van der Waals surface area contributed by atoms with Crippen molar-refractivity contribution >= 4 is 0 Å². The van der Waals surface area contributed by atoms with Crippen LogP contribution in [0.4, 0.5) is 0 Å². The van der Waals surface area contributed by atoms with Crippen LogP contribution in [0.15, 0.2) is 0 Å². The Morgan fingerprint density at radius 1 is 1.30 bits per heavy atom. The molecule has 0 aliphatic heterocycles. The lowest BCUT2D eigenvalue weighted by Gasteiger charge is -1.79. The van der Waals surface area contributed by atoms with E-state index in [1.807, 2.05) is 6.92 Å². The molecule has 0 aliphatic carbocycles. The van der Waals surface area contributed by atoms with Crippen LogP contribution in [0.2, 0.25) is 0 Å². The van der Waals surface area contributed by atoms with Gasteiger partial charge < -0.3 is 5.11 Å². The van der Waals surface area contributed by atoms with Crippen LogP contribution < -0.4 is 0 Å². The minimum atomic E-state index is 0.212. The third-order valence-electron chi connectivity index (χ3n) is 0.683. The fourth-order valence-electron chi connectivity index (χ4n) is 0.181. The van der Waals surface area contributed by atoms with Gasteiger partial charge >= 0.3 is 0 Å². The third kappa shape index (κ3) is 27.6. The highest BCUT2D eigenvalue weighted by molar-refractivity contribution is 4.82. The molecule has 1 heteroatoms. The standard InChI is InChI=1S/C5H8O.C4H6/c1-2-3-4-5-6;1-3-4-2/h1,6H,3-5H2;1H,4H2,2H3. The summed E-state index contributed by atoms with van der Waals surface area (Å²) < 4.78 is 0. The second kappa shape index (κ2) is 15.7. The van der Waals surface area contributed by atoms with Gasteiger partial charge in [-0.15, -0.1) is 24.7 Å². The van der Waals surface area contributed by atoms with Gasteiger partial charge in [-0.2, -0.15) is 0 Å². The largest absolute Gasteiger partial charge is 0.396 e. The molecule has 56 valence electrons. The highest BCUT2D eigenvalue weighted by atomic mass is 16.2. The van der Waals surface area contributed by atoms with Crippen LogP contribution in [0.3, 0.4) is 0 Å². The summed E-state index contributed by atoms with van der Waals surface area (Å²) in [6.45, 7) is 2.16. The van der Waals surface area contributed by atoms with E-state index in [0.717, 1.165) is 12.8 Å². The highest BCUT2D eigenvalue weighted by Gasteiger charge is 1.72. The molecule has 0 radical (unpaired) electrons. The fourth-order valence-corrected chi connectivity index (χ4v) is 0.181. The first-order chi connectivity index (χ1) is 4.83. The molecule has 0 atom stereocenters. The molecule has 0 aromatic rings. The Morgan fingerprint density at radius 3 is 1.90 bits per heavy atom. The van der Waals surface area contributed by atoms with Crippen molar-refractivity contribution < 1.29 is 5.11 Å². The SMILES string of the molecule is C#CCC.C#CCCCO. The zero-order valence-corrected chi connectivity index (χ0v) is 6.43. The van der Waals surface area contributed by atoms with Gasteiger partial charge in [0.05, 0.1) is 0 Å². The number of terminal acetylenes is 2. The number of aliphatic hydroxyl groups is 1. The third-order valence-corrected chi connectivity index (χ3v) is 0.683. The number of rotatable bonds is 2. The predicted octanol–water partition coefficient (Wildman–Crippen LogP) is 1.42. The zero-order valence-electron chi connectivity index (χ0n) is 6.43. The molecule has 0 spiro atoms. The first-order valence-corrected chi connectivity index (χ1v) is 3.31. The van der Waals surface area contributed by atoms with E-state index >= 15 is 0 Å². The van der Waals surface area contributed by atoms with Crippen molar-refractivity contribution in [2.24, 2.45) is 0 Å². The van der Waals surface area contributed by atoms with Gasteiger partial charge in [0, 0.05) is 19.4 Å². The maximum Gasteiger partial charge on any atom is 0.0440 e. The normalized spacial score (nSPS) is 6.40. The highest BCUT2D eigenvalue weighted by Crippen LogP contribution is 1.79. The smallest absolute Gasteiger partial charge is 0.0440 e. The molecule has 0 aliphatic rings. The van der Waals surface area contributed by atoms with Crippen molar-refractivity contribution in [3.63, 3.8) is 0 Å². The molecular weight excluding hydrogens is 124 g/mol. The predicted molar refractivity (Wildman–Crippen MR) is 44.3 cm³/mol. The minimum Gasteiger partial charge on any atom is -0.396 e. The van der Waals surface area contributed by atoms with Gasteiger partial charge in [0.1, 0.15) is 0 Å². The van der Waals surface area contributed by atoms with E-state index in [0.29, 0.717) is 6.42 Å². The Kier molecular flexibility index (Phi) is 18.6. The van der Waals surface area contributed by atoms with Crippen molar-refractivity contribution in [3.05, 3.63) is 0 Å². The van der Waals surface area contributed by atoms with E-state index in [1.54, 1.807) is 0 Å². The van der Waals surface area contributed by atoms with Crippen LogP contribution in [-0.2, 0) is 0 Å². The van der Waals surface area contributed by atoms with E-state index < -0.39 is 0 Å². The van der Waals surface area contributed by atoms with Crippen LogP contribution in [0, 0.1) is 24.7 Å². The van der Waals surface area contributed by atoms with E-state index in [1.165, 1.54) is 0 Å². The molecule has 0 amide bonds. The summed E-state index contributed by atoms with van der Waals surface area (Å²) in [7, 11) is 0. The summed E-state index contributed by atoms with van der Waals surface area (Å²) in [5, 5.41) is 8.10. The molecule has 1 nitrogen and oxygen atoms in total. The zero-order chi connectivity index (χ0) is 8.24. The molecule has 0 fully saturated rings. The molecule has 0 unspecified atom stereocenters. The van der Waals surface area contributed by atoms with Gasteiger partial charge in [-0.3, -0.25) is 0 Å². The maximum atomic E-state index is 8.10. The minimum absolute atomic E-state index is 0.212. The Labute approximate surface area is 63.5 Å². The number of hydrogen-bond donors (Lipinski definition) is 1. The summed E-state index contributed by atoms with van der Waals surface area (Å²) in [4.78, 5) is 0. The number of unbranched alkanes of at least 4 members (excludes halogenated alkanes) is 1. The van der Waals surface area contributed by atoms with Crippen molar-refractivity contribution in [2.75, 3.05) is 6.61 Å². The summed E-state index contributed by atoms with van der Waals surface area (Å²) in [6.07, 6.45) is 11.9. The van der Waals surface area contributed by atoms with Crippen LogP contribution in [0.25, 0.3) is 0 Å². The van der Waals surface area contributed by atoms with Crippen molar-refractivity contribution in [1.29, 1.82) is 0 Å². The summed E-state index contributed by atoms with van der Waals surface area (Å²) >= 11 is 0. The van der Waals surface area contributed by atoms with Gasteiger partial charge in [0.2, 0.25) is 0 Å². The monoisotopic (exact) mass is 138 g/mol. The lowest BCUT2D eigenvalue weighted by atomic mass is 10.3. The fraction of sp³-hybridized carbons (Fsp3) is 0.556. The topological polar surface area (TPSA) is 20.2 Å². The van der Waals surface area contributed by atoms with E-state index in [2.05, 4.69) is 11.8 Å². The molecular formula is C9H14O. The molecule has 0 aromatic carbocycles. The lowest BCUT2D eigenvalue weighted by molar-refractivity contribution is 0.290. The van der Waals surface area contributed by atoms with E-state index in [-0.39, 0.29) is 6.61 Å². The molecule has 0 saturated heterocycles. The summed E-state index contributed by atoms with van der Waals surface area (Å²) in [5.41, 5.74) is 0. The van der Waals surface area contributed by atoms with Gasteiger partial charge in [0.15, 0.2) is 0 Å². The Hall–Kier alpha value is -0.920. The van der Waals surface area contributed by atoms with E-state index in [9.17, 15) is 0 Å². The van der Waals surface area contributed by atoms with Crippen molar-refractivity contribution in [3.8, 4) is 24.7 Å². The van der Waals surface area contributed by atoms with Crippen LogP contribution in [0.1, 0.15) is 26.2 Å². The quantitative estimate of drug-likeness (QED) is 0.452. The summed E-state index contributed by atoms with van der Waals surface area (Å²) in [5.74, 6) is 4.84. The molecule has 0 saturated carbocycles. The van der Waals surface area contributed by atoms with Gasteiger partial charge in [-0.1, -0.05) is 6.92 Å². The molecule has 10 heavy (non-hydrogen) atoms. The van der Waals surface area contributed by atoms with Crippen LogP contribution >= 0.6 is 0 Å². The first kappa shape index (κ1) is 11.8. The van der Waals surface area contributed by atoms with Crippen LogP contribution in [-0.4, -0.2) is 11.7 Å². The van der Waals surface area contributed by atoms with Crippen LogP contribution in [0.5, 0.6) is 0 Å². The Morgan fingerprint density at radius 2 is 1.80 bits per heavy atom. The molecule has 1 N–H and O–H groups in total. The van der Waals surface area contributed by atoms with Crippen molar-refractivity contribution in [1.82, 2.24) is 0 Å². The first-order valence-electron chi connectivity index (χ1n) is 3.31. The average Bonchev–Trinajstić information content (AvgIpc) is 2.01. The van der Waals surface area contributed by atoms with Gasteiger partial charge in [-0.05, 0) is 6.42 Å². The average molecular weight is 138 g/mol.